The summed E-state index contributed by atoms with van der Waals surface area (Å²) in [4.78, 5) is 12.1. The number of hydrogen-bond donors (Lipinski definition) is 1. The smallest absolute Gasteiger partial charge is 0.252 e. The number of carbonyl (C=O) groups excluding carboxylic acids is 1. The summed E-state index contributed by atoms with van der Waals surface area (Å²) in [6.45, 7) is 0.438. The standard InChI is InChI=1S/C15H12Cl2N4O/c16-10-4-5-11(12(17)9-10)15(22)18-7-6-14-20-19-13-3-1-2-8-21(13)14/h1-5,8-9H,6-7H2,(H,18,22). The maximum absolute atomic E-state index is 12.1. The fourth-order valence-electron chi connectivity index (χ4n) is 2.12. The lowest BCUT2D eigenvalue weighted by Gasteiger charge is -2.06. The lowest BCUT2D eigenvalue weighted by molar-refractivity contribution is 0.0954. The van der Waals surface area contributed by atoms with Gasteiger partial charge in [-0.2, -0.15) is 0 Å². The molecule has 0 saturated heterocycles. The van der Waals surface area contributed by atoms with E-state index in [9.17, 15) is 4.79 Å². The van der Waals surface area contributed by atoms with E-state index in [1.54, 1.807) is 18.2 Å². The van der Waals surface area contributed by atoms with Crippen LogP contribution in [0.15, 0.2) is 42.6 Å². The molecule has 0 aliphatic carbocycles. The maximum Gasteiger partial charge on any atom is 0.252 e. The Morgan fingerprint density at radius 2 is 2.05 bits per heavy atom. The van der Waals surface area contributed by atoms with Crippen LogP contribution in [0.4, 0.5) is 0 Å². The van der Waals surface area contributed by atoms with Crippen molar-refractivity contribution in [3.8, 4) is 0 Å². The Hall–Kier alpha value is -2.11. The van der Waals surface area contributed by atoms with Crippen LogP contribution in [0.3, 0.4) is 0 Å². The number of carbonyl (C=O) groups is 1. The number of halogens is 2. The van der Waals surface area contributed by atoms with Crippen LogP contribution in [0.1, 0.15) is 16.2 Å². The van der Waals surface area contributed by atoms with Gasteiger partial charge in [0.15, 0.2) is 5.65 Å². The van der Waals surface area contributed by atoms with Crippen molar-refractivity contribution >= 4 is 34.8 Å². The Labute approximate surface area is 136 Å². The minimum atomic E-state index is -0.240. The van der Waals surface area contributed by atoms with Crippen molar-refractivity contribution in [3.63, 3.8) is 0 Å². The highest BCUT2D eigenvalue weighted by atomic mass is 35.5. The lowest BCUT2D eigenvalue weighted by Crippen LogP contribution is -2.26. The summed E-state index contributed by atoms with van der Waals surface area (Å²) in [7, 11) is 0. The molecule has 0 fully saturated rings. The molecule has 0 spiro atoms. The molecule has 3 aromatic rings. The van der Waals surface area contributed by atoms with Crippen LogP contribution in [0.5, 0.6) is 0 Å². The second-order valence-electron chi connectivity index (χ2n) is 4.68. The minimum Gasteiger partial charge on any atom is -0.352 e. The summed E-state index contributed by atoms with van der Waals surface area (Å²) >= 11 is 11.8. The van der Waals surface area contributed by atoms with E-state index in [4.69, 9.17) is 23.2 Å². The minimum absolute atomic E-state index is 0.240. The number of fused-ring (bicyclic) bond motifs is 1. The van der Waals surface area contributed by atoms with E-state index in [2.05, 4.69) is 15.5 Å². The number of rotatable bonds is 4. The molecule has 1 amide bonds. The van der Waals surface area contributed by atoms with Crippen LogP contribution in [0.25, 0.3) is 5.65 Å². The van der Waals surface area contributed by atoms with E-state index >= 15 is 0 Å². The molecule has 22 heavy (non-hydrogen) atoms. The summed E-state index contributed by atoms with van der Waals surface area (Å²) in [5.41, 5.74) is 1.18. The molecule has 0 aliphatic rings. The van der Waals surface area contributed by atoms with Gasteiger partial charge in [-0.25, -0.2) is 0 Å². The highest BCUT2D eigenvalue weighted by Gasteiger charge is 2.11. The molecular formula is C15H12Cl2N4O. The topological polar surface area (TPSA) is 59.3 Å². The summed E-state index contributed by atoms with van der Waals surface area (Å²) in [6.07, 6.45) is 2.46. The molecule has 1 N–H and O–H groups in total. The SMILES string of the molecule is O=C(NCCc1nnc2ccccn12)c1ccc(Cl)cc1Cl. The Bertz CT molecular complexity index is 831. The molecule has 0 saturated carbocycles. The molecule has 2 heterocycles. The van der Waals surface area contributed by atoms with Gasteiger partial charge >= 0.3 is 0 Å². The van der Waals surface area contributed by atoms with Crippen molar-refractivity contribution in [1.82, 2.24) is 19.9 Å². The fraction of sp³-hybridized carbons (Fsp3) is 0.133. The molecule has 0 unspecified atom stereocenters. The molecule has 7 heteroatoms. The van der Waals surface area contributed by atoms with Gasteiger partial charge in [0.1, 0.15) is 5.82 Å². The monoisotopic (exact) mass is 334 g/mol. The Morgan fingerprint density at radius 3 is 2.86 bits per heavy atom. The van der Waals surface area contributed by atoms with Crippen molar-refractivity contribution in [2.75, 3.05) is 6.54 Å². The van der Waals surface area contributed by atoms with Crippen molar-refractivity contribution in [2.24, 2.45) is 0 Å². The quantitative estimate of drug-likeness (QED) is 0.797. The predicted molar refractivity (Wildman–Crippen MR) is 85.5 cm³/mol. The fourth-order valence-corrected chi connectivity index (χ4v) is 2.61. The van der Waals surface area contributed by atoms with Gasteiger partial charge in [-0.1, -0.05) is 29.3 Å². The van der Waals surface area contributed by atoms with Crippen LogP contribution in [0.2, 0.25) is 10.0 Å². The average Bonchev–Trinajstić information content (AvgIpc) is 2.90. The van der Waals surface area contributed by atoms with E-state index in [0.717, 1.165) is 11.5 Å². The summed E-state index contributed by atoms with van der Waals surface area (Å²) < 4.78 is 1.89. The van der Waals surface area contributed by atoms with Crippen LogP contribution < -0.4 is 5.32 Å². The third-order valence-corrected chi connectivity index (χ3v) is 3.74. The van der Waals surface area contributed by atoms with Crippen LogP contribution in [-0.2, 0) is 6.42 Å². The van der Waals surface area contributed by atoms with Gasteiger partial charge in [0.25, 0.3) is 5.91 Å². The molecule has 1 aromatic carbocycles. The second-order valence-corrected chi connectivity index (χ2v) is 5.52. The Morgan fingerprint density at radius 1 is 1.18 bits per heavy atom. The largest absolute Gasteiger partial charge is 0.352 e. The van der Waals surface area contributed by atoms with Crippen LogP contribution in [0, 0.1) is 0 Å². The Kier molecular flexibility index (Phi) is 4.27. The van der Waals surface area contributed by atoms with E-state index in [1.807, 2.05) is 28.8 Å². The summed E-state index contributed by atoms with van der Waals surface area (Å²) in [6, 6.07) is 10.5. The first kappa shape index (κ1) is 14.8. The van der Waals surface area contributed by atoms with Gasteiger partial charge in [-0.05, 0) is 30.3 Å². The zero-order valence-electron chi connectivity index (χ0n) is 11.5. The van der Waals surface area contributed by atoms with Gasteiger partial charge < -0.3 is 5.32 Å². The number of nitrogens with one attached hydrogen (secondary N) is 1. The van der Waals surface area contributed by atoms with Gasteiger partial charge in [0.05, 0.1) is 10.6 Å². The summed E-state index contributed by atoms with van der Waals surface area (Å²) in [5.74, 6) is 0.550. The molecule has 0 radical (unpaired) electrons. The zero-order valence-corrected chi connectivity index (χ0v) is 13.0. The summed E-state index contributed by atoms with van der Waals surface area (Å²) in [5, 5.41) is 11.8. The highest BCUT2D eigenvalue weighted by Crippen LogP contribution is 2.20. The molecular weight excluding hydrogens is 323 g/mol. The zero-order chi connectivity index (χ0) is 15.5. The van der Waals surface area contributed by atoms with E-state index < -0.39 is 0 Å². The number of benzene rings is 1. The number of nitrogens with zero attached hydrogens (tertiary/aromatic N) is 3. The molecule has 0 aliphatic heterocycles. The predicted octanol–water partition coefficient (Wildman–Crippen LogP) is 3.01. The third kappa shape index (κ3) is 3.05. The molecule has 3 rings (SSSR count). The van der Waals surface area contributed by atoms with Crippen molar-refractivity contribution in [2.45, 2.75) is 6.42 Å². The first-order valence-electron chi connectivity index (χ1n) is 6.67. The van der Waals surface area contributed by atoms with E-state index in [0.29, 0.717) is 28.6 Å². The molecule has 2 aromatic heterocycles. The average molecular weight is 335 g/mol. The van der Waals surface area contributed by atoms with E-state index in [-0.39, 0.29) is 5.91 Å². The molecule has 112 valence electrons. The first-order valence-corrected chi connectivity index (χ1v) is 7.42. The number of hydrogen-bond acceptors (Lipinski definition) is 3. The molecule has 0 bridgehead atoms. The maximum atomic E-state index is 12.1. The van der Waals surface area contributed by atoms with Crippen LogP contribution in [-0.4, -0.2) is 27.0 Å². The van der Waals surface area contributed by atoms with Gasteiger partial charge in [0, 0.05) is 24.2 Å². The van der Waals surface area contributed by atoms with Crippen molar-refractivity contribution < 1.29 is 4.79 Å². The normalized spacial score (nSPS) is 10.8. The highest BCUT2D eigenvalue weighted by molar-refractivity contribution is 6.36. The number of aromatic nitrogens is 3. The second kappa shape index (κ2) is 6.34. The molecule has 5 nitrogen and oxygen atoms in total. The van der Waals surface area contributed by atoms with Gasteiger partial charge in [0.2, 0.25) is 0 Å². The van der Waals surface area contributed by atoms with Crippen molar-refractivity contribution in [3.05, 3.63) is 64.0 Å². The van der Waals surface area contributed by atoms with Crippen molar-refractivity contribution in [1.29, 1.82) is 0 Å². The number of pyridine rings is 1. The van der Waals surface area contributed by atoms with Gasteiger partial charge in [-0.3, -0.25) is 9.20 Å². The lowest BCUT2D eigenvalue weighted by atomic mass is 10.2. The number of amides is 1. The van der Waals surface area contributed by atoms with Gasteiger partial charge in [-0.15, -0.1) is 10.2 Å². The van der Waals surface area contributed by atoms with Crippen LogP contribution >= 0.6 is 23.2 Å². The van der Waals surface area contributed by atoms with E-state index in [1.165, 1.54) is 0 Å². The first-order chi connectivity index (χ1) is 10.6. The third-order valence-electron chi connectivity index (χ3n) is 3.19. The Balaban J connectivity index is 1.64. The molecule has 0 atom stereocenters.